The van der Waals surface area contributed by atoms with Crippen LogP contribution in [-0.4, -0.2) is 52.2 Å². The zero-order valence-electron chi connectivity index (χ0n) is 11.5. The van der Waals surface area contributed by atoms with E-state index in [1.54, 1.807) is 0 Å². The molecule has 0 aliphatic carbocycles. The molecule has 0 aromatic carbocycles. The SMILES string of the molecule is NCCCCC(=O)C(=O)O.NCCCCC(O)C(=O)O. The second-order valence-electron chi connectivity index (χ2n) is 4.11. The number of Topliss-reactive ketones (excluding diaryl/α,β-unsaturated/α-hetero) is 1. The normalized spacial score (nSPS) is 11.2. The molecule has 0 rings (SSSR count). The summed E-state index contributed by atoms with van der Waals surface area (Å²) in [4.78, 5) is 30.3. The molecule has 1 atom stereocenters. The number of carboxylic acid groups (broad SMARTS) is 2. The van der Waals surface area contributed by atoms with Gasteiger partial charge in [-0.1, -0.05) is 0 Å². The minimum Gasteiger partial charge on any atom is -0.479 e. The molecular weight excluding hydrogens is 268 g/mol. The van der Waals surface area contributed by atoms with Gasteiger partial charge in [-0.3, -0.25) is 4.79 Å². The molecule has 20 heavy (non-hydrogen) atoms. The summed E-state index contributed by atoms with van der Waals surface area (Å²) in [5.41, 5.74) is 10.3. The summed E-state index contributed by atoms with van der Waals surface area (Å²) < 4.78 is 0. The van der Waals surface area contributed by atoms with Crippen LogP contribution in [0.4, 0.5) is 0 Å². The molecule has 0 aliphatic heterocycles. The number of aliphatic carboxylic acids is 2. The van der Waals surface area contributed by atoms with Gasteiger partial charge in [0.15, 0.2) is 6.10 Å². The van der Waals surface area contributed by atoms with E-state index in [-0.39, 0.29) is 6.42 Å². The number of unbranched alkanes of at least 4 members (excludes halogenated alkanes) is 2. The summed E-state index contributed by atoms with van der Waals surface area (Å²) in [6, 6.07) is 0. The van der Waals surface area contributed by atoms with E-state index in [2.05, 4.69) is 0 Å². The maximum absolute atomic E-state index is 10.4. The summed E-state index contributed by atoms with van der Waals surface area (Å²) in [5.74, 6) is -3.23. The second kappa shape index (κ2) is 13.9. The van der Waals surface area contributed by atoms with E-state index in [4.69, 9.17) is 26.8 Å². The molecule has 0 bridgehead atoms. The van der Waals surface area contributed by atoms with Gasteiger partial charge < -0.3 is 26.8 Å². The summed E-state index contributed by atoms with van der Waals surface area (Å²) >= 11 is 0. The van der Waals surface area contributed by atoms with Gasteiger partial charge >= 0.3 is 11.9 Å². The molecule has 0 aromatic rings. The van der Waals surface area contributed by atoms with E-state index >= 15 is 0 Å². The Bertz CT molecular complexity index is 296. The highest BCUT2D eigenvalue weighted by atomic mass is 16.4. The van der Waals surface area contributed by atoms with Crippen molar-refractivity contribution in [2.45, 2.75) is 44.6 Å². The second-order valence-corrected chi connectivity index (χ2v) is 4.11. The maximum atomic E-state index is 10.4. The molecule has 118 valence electrons. The van der Waals surface area contributed by atoms with Crippen LogP contribution in [0.2, 0.25) is 0 Å². The standard InChI is InChI=1S/C6H13NO3.C6H11NO3/c2*7-4-2-1-3-5(8)6(9)10/h5,8H,1-4,7H2,(H,9,10);1-4,7H2,(H,9,10). The minimum atomic E-state index is -1.35. The van der Waals surface area contributed by atoms with Crippen molar-refractivity contribution in [1.29, 1.82) is 0 Å². The highest BCUT2D eigenvalue weighted by Crippen LogP contribution is 1.99. The van der Waals surface area contributed by atoms with E-state index in [0.717, 1.165) is 6.42 Å². The molecular formula is C12H24N2O6. The Morgan fingerprint density at radius 3 is 1.80 bits per heavy atom. The molecule has 8 nitrogen and oxygen atoms in total. The van der Waals surface area contributed by atoms with Crippen molar-refractivity contribution < 1.29 is 29.7 Å². The molecule has 0 spiro atoms. The van der Waals surface area contributed by atoms with Gasteiger partial charge in [-0.2, -0.15) is 0 Å². The summed E-state index contributed by atoms with van der Waals surface area (Å²) in [6.07, 6.45) is 1.90. The van der Waals surface area contributed by atoms with Crippen molar-refractivity contribution in [3.8, 4) is 0 Å². The Hall–Kier alpha value is -1.51. The lowest BCUT2D eigenvalue weighted by Crippen LogP contribution is -2.19. The Morgan fingerprint density at radius 2 is 1.40 bits per heavy atom. The van der Waals surface area contributed by atoms with E-state index in [0.29, 0.717) is 38.8 Å². The Balaban J connectivity index is 0. The van der Waals surface area contributed by atoms with Gasteiger partial charge in [-0.25, -0.2) is 9.59 Å². The van der Waals surface area contributed by atoms with Crippen LogP contribution in [0.3, 0.4) is 0 Å². The number of aliphatic hydroxyl groups excluding tert-OH is 1. The lowest BCUT2D eigenvalue weighted by molar-refractivity contribution is -0.149. The number of carbonyl (C=O) groups excluding carboxylic acids is 1. The van der Waals surface area contributed by atoms with Gasteiger partial charge in [-0.05, 0) is 45.2 Å². The molecule has 0 fully saturated rings. The van der Waals surface area contributed by atoms with Crippen LogP contribution >= 0.6 is 0 Å². The Labute approximate surface area is 117 Å². The third kappa shape index (κ3) is 14.6. The first-order valence-electron chi connectivity index (χ1n) is 6.43. The van der Waals surface area contributed by atoms with Gasteiger partial charge in [0.25, 0.3) is 0 Å². The molecule has 0 saturated heterocycles. The number of hydrogen-bond donors (Lipinski definition) is 5. The molecule has 8 heteroatoms. The van der Waals surface area contributed by atoms with Gasteiger partial charge in [0.1, 0.15) is 0 Å². The highest BCUT2D eigenvalue weighted by molar-refractivity contribution is 6.32. The van der Waals surface area contributed by atoms with Crippen LogP contribution in [0.15, 0.2) is 0 Å². The molecule has 0 amide bonds. The van der Waals surface area contributed by atoms with Crippen molar-refractivity contribution in [3.05, 3.63) is 0 Å². The van der Waals surface area contributed by atoms with Crippen molar-refractivity contribution in [1.82, 2.24) is 0 Å². The Kier molecular flexibility index (Phi) is 14.5. The van der Waals surface area contributed by atoms with Crippen molar-refractivity contribution in [2.24, 2.45) is 11.5 Å². The van der Waals surface area contributed by atoms with Crippen LogP contribution in [0.25, 0.3) is 0 Å². The quantitative estimate of drug-likeness (QED) is 0.261. The molecule has 1 unspecified atom stereocenters. The number of carbonyl (C=O) groups is 3. The number of rotatable bonds is 10. The minimum absolute atomic E-state index is 0.104. The predicted octanol–water partition coefficient (Wildman–Crippen LogP) is -0.670. The van der Waals surface area contributed by atoms with Crippen LogP contribution < -0.4 is 11.5 Å². The summed E-state index contributed by atoms with van der Waals surface area (Å²) in [7, 11) is 0. The van der Waals surface area contributed by atoms with Crippen LogP contribution in [-0.2, 0) is 14.4 Å². The van der Waals surface area contributed by atoms with Gasteiger partial charge in [0.2, 0.25) is 5.78 Å². The summed E-state index contributed by atoms with van der Waals surface area (Å²) in [6.45, 7) is 1.05. The average molecular weight is 292 g/mol. The van der Waals surface area contributed by atoms with Crippen molar-refractivity contribution >= 4 is 17.7 Å². The monoisotopic (exact) mass is 292 g/mol. The van der Waals surface area contributed by atoms with Gasteiger partial charge in [0.05, 0.1) is 0 Å². The number of hydrogen-bond acceptors (Lipinski definition) is 6. The number of ketones is 1. The van der Waals surface area contributed by atoms with E-state index < -0.39 is 23.8 Å². The predicted molar refractivity (Wildman–Crippen MR) is 72.1 cm³/mol. The van der Waals surface area contributed by atoms with E-state index in [9.17, 15) is 14.4 Å². The first-order chi connectivity index (χ1) is 9.36. The topological polar surface area (TPSA) is 164 Å². The number of aliphatic hydroxyl groups is 1. The molecule has 0 aliphatic rings. The maximum Gasteiger partial charge on any atom is 0.372 e. The molecule has 0 heterocycles. The van der Waals surface area contributed by atoms with Crippen LogP contribution in [0.5, 0.6) is 0 Å². The average Bonchev–Trinajstić information content (AvgIpc) is 2.39. The zero-order valence-corrected chi connectivity index (χ0v) is 11.5. The molecule has 0 aromatic heterocycles. The molecule has 0 saturated carbocycles. The van der Waals surface area contributed by atoms with E-state index in [1.165, 1.54) is 0 Å². The first kappa shape index (κ1) is 20.8. The van der Waals surface area contributed by atoms with Gasteiger partial charge in [0, 0.05) is 6.42 Å². The highest BCUT2D eigenvalue weighted by Gasteiger charge is 2.11. The fourth-order valence-corrected chi connectivity index (χ4v) is 1.14. The third-order valence-electron chi connectivity index (χ3n) is 2.31. The fourth-order valence-electron chi connectivity index (χ4n) is 1.14. The smallest absolute Gasteiger partial charge is 0.372 e. The molecule has 0 radical (unpaired) electrons. The lowest BCUT2D eigenvalue weighted by Gasteiger charge is -2.02. The zero-order chi connectivity index (χ0) is 16.0. The van der Waals surface area contributed by atoms with Gasteiger partial charge in [-0.15, -0.1) is 0 Å². The Morgan fingerprint density at radius 1 is 0.900 bits per heavy atom. The number of nitrogens with two attached hydrogens (primary N) is 2. The lowest BCUT2D eigenvalue weighted by atomic mass is 10.1. The van der Waals surface area contributed by atoms with E-state index in [1.807, 2.05) is 0 Å². The number of carboxylic acids is 2. The van der Waals surface area contributed by atoms with Crippen molar-refractivity contribution in [2.75, 3.05) is 13.1 Å². The largest absolute Gasteiger partial charge is 0.479 e. The third-order valence-corrected chi connectivity index (χ3v) is 2.31. The fraction of sp³-hybridized carbons (Fsp3) is 0.750. The van der Waals surface area contributed by atoms with Crippen molar-refractivity contribution in [3.63, 3.8) is 0 Å². The van der Waals surface area contributed by atoms with Crippen LogP contribution in [0.1, 0.15) is 38.5 Å². The first-order valence-corrected chi connectivity index (χ1v) is 6.43. The summed E-state index contributed by atoms with van der Waals surface area (Å²) in [5, 5.41) is 25.0. The molecule has 7 N–H and O–H groups in total. The van der Waals surface area contributed by atoms with Crippen LogP contribution in [0, 0.1) is 0 Å².